The molecule has 0 aliphatic carbocycles. The fourth-order valence-corrected chi connectivity index (χ4v) is 1.39. The van der Waals surface area contributed by atoms with Gasteiger partial charge in [-0.25, -0.2) is 4.98 Å². The molecular formula is C11H12N4O. The van der Waals surface area contributed by atoms with Gasteiger partial charge in [-0.1, -0.05) is 0 Å². The summed E-state index contributed by atoms with van der Waals surface area (Å²) in [6.45, 7) is 0.526. The van der Waals surface area contributed by atoms with Gasteiger partial charge >= 0.3 is 0 Å². The molecule has 5 heteroatoms. The van der Waals surface area contributed by atoms with Crippen LogP contribution in [0, 0.1) is 0 Å². The van der Waals surface area contributed by atoms with Crippen LogP contribution in [0.3, 0.4) is 0 Å². The third kappa shape index (κ3) is 2.14. The number of hydrogen-bond acceptors (Lipinski definition) is 4. The second kappa shape index (κ2) is 4.67. The van der Waals surface area contributed by atoms with Crippen LogP contribution in [0.25, 0.3) is 0 Å². The molecule has 82 valence electrons. The summed E-state index contributed by atoms with van der Waals surface area (Å²) in [5.74, 6) is -0.135. The fourth-order valence-electron chi connectivity index (χ4n) is 1.39. The Balaban J connectivity index is 2.21. The molecule has 0 atom stereocenters. The number of carbonyl (C=O) groups is 1. The molecule has 0 radical (unpaired) electrons. The van der Waals surface area contributed by atoms with Crippen molar-refractivity contribution in [2.45, 2.75) is 6.42 Å². The molecular weight excluding hydrogens is 204 g/mol. The highest BCUT2D eigenvalue weighted by Gasteiger charge is 2.08. The summed E-state index contributed by atoms with van der Waals surface area (Å²) in [5.41, 5.74) is 6.77. The van der Waals surface area contributed by atoms with Crippen LogP contribution < -0.4 is 5.73 Å². The fraction of sp³-hybridized carbons (Fsp3) is 0.182. The smallest absolute Gasteiger partial charge is 0.264 e. The van der Waals surface area contributed by atoms with Gasteiger partial charge in [0, 0.05) is 25.0 Å². The van der Waals surface area contributed by atoms with Gasteiger partial charge in [0.25, 0.3) is 5.91 Å². The highest BCUT2D eigenvalue weighted by Crippen LogP contribution is 2.03. The van der Waals surface area contributed by atoms with Crippen LogP contribution in [0.15, 0.2) is 37.1 Å². The van der Waals surface area contributed by atoms with Crippen molar-refractivity contribution in [1.82, 2.24) is 14.5 Å². The van der Waals surface area contributed by atoms with E-state index in [1.54, 1.807) is 24.5 Å². The lowest BCUT2D eigenvalue weighted by Crippen LogP contribution is -2.10. The number of nitrogens with zero attached hydrogens (tertiary/aromatic N) is 3. The molecule has 2 rings (SSSR count). The molecule has 0 amide bonds. The maximum absolute atomic E-state index is 11.9. The van der Waals surface area contributed by atoms with Gasteiger partial charge in [-0.05, 0) is 18.7 Å². The van der Waals surface area contributed by atoms with Gasteiger partial charge in [-0.3, -0.25) is 14.3 Å². The first-order valence-electron chi connectivity index (χ1n) is 4.99. The molecule has 0 spiro atoms. The van der Waals surface area contributed by atoms with E-state index in [2.05, 4.69) is 9.97 Å². The SMILES string of the molecule is NCCc1cn(C(=O)c2cccnc2)cn1. The number of aromatic nitrogens is 3. The molecule has 0 unspecified atom stereocenters. The average molecular weight is 216 g/mol. The van der Waals surface area contributed by atoms with Crippen LogP contribution in [0.2, 0.25) is 0 Å². The zero-order valence-electron chi connectivity index (χ0n) is 8.71. The molecule has 5 nitrogen and oxygen atoms in total. The Morgan fingerprint density at radius 3 is 3.06 bits per heavy atom. The lowest BCUT2D eigenvalue weighted by atomic mass is 10.2. The van der Waals surface area contributed by atoms with Gasteiger partial charge in [-0.15, -0.1) is 0 Å². The third-order valence-electron chi connectivity index (χ3n) is 2.18. The predicted octanol–water partition coefficient (Wildman–Crippen LogP) is 0.468. The second-order valence-electron chi connectivity index (χ2n) is 3.36. The molecule has 2 heterocycles. The molecule has 0 saturated carbocycles. The summed E-state index contributed by atoms with van der Waals surface area (Å²) in [4.78, 5) is 19.9. The Morgan fingerprint density at radius 2 is 2.38 bits per heavy atom. The topological polar surface area (TPSA) is 73.8 Å². The molecule has 0 aliphatic heterocycles. The minimum Gasteiger partial charge on any atom is -0.330 e. The first-order valence-corrected chi connectivity index (χ1v) is 4.99. The molecule has 0 bridgehead atoms. The molecule has 2 aromatic heterocycles. The summed E-state index contributed by atoms with van der Waals surface area (Å²) in [7, 11) is 0. The first kappa shape index (κ1) is 10.5. The van der Waals surface area contributed by atoms with Crippen LogP contribution in [-0.4, -0.2) is 27.0 Å². The highest BCUT2D eigenvalue weighted by atomic mass is 16.2. The summed E-state index contributed by atoms with van der Waals surface area (Å²) in [5, 5.41) is 0. The number of imidazole rings is 1. The van der Waals surface area contributed by atoms with Gasteiger partial charge in [0.15, 0.2) is 0 Å². The van der Waals surface area contributed by atoms with Crippen molar-refractivity contribution in [3.8, 4) is 0 Å². The van der Waals surface area contributed by atoms with Crippen LogP contribution in [0.5, 0.6) is 0 Å². The van der Waals surface area contributed by atoms with E-state index in [0.717, 1.165) is 5.69 Å². The lowest BCUT2D eigenvalue weighted by Gasteiger charge is -1.99. The second-order valence-corrected chi connectivity index (χ2v) is 3.36. The normalized spacial score (nSPS) is 10.3. The van der Waals surface area contributed by atoms with Gasteiger partial charge < -0.3 is 5.73 Å². The van der Waals surface area contributed by atoms with Crippen molar-refractivity contribution in [3.63, 3.8) is 0 Å². The first-order chi connectivity index (χ1) is 7.81. The van der Waals surface area contributed by atoms with Gasteiger partial charge in [-0.2, -0.15) is 0 Å². The van der Waals surface area contributed by atoms with Crippen LogP contribution in [0.4, 0.5) is 0 Å². The quantitative estimate of drug-likeness (QED) is 0.809. The maximum atomic E-state index is 11.9. The van der Waals surface area contributed by atoms with E-state index in [1.165, 1.54) is 17.1 Å². The summed E-state index contributed by atoms with van der Waals surface area (Å²) < 4.78 is 1.45. The molecule has 0 fully saturated rings. The van der Waals surface area contributed by atoms with Crippen molar-refractivity contribution >= 4 is 5.91 Å². The van der Waals surface area contributed by atoms with Gasteiger partial charge in [0.05, 0.1) is 11.3 Å². The van der Waals surface area contributed by atoms with Crippen molar-refractivity contribution in [2.75, 3.05) is 6.54 Å². The molecule has 0 aliphatic rings. The Bertz CT molecular complexity index is 478. The Labute approximate surface area is 92.9 Å². The molecule has 16 heavy (non-hydrogen) atoms. The summed E-state index contributed by atoms with van der Waals surface area (Å²) >= 11 is 0. The van der Waals surface area contributed by atoms with E-state index in [0.29, 0.717) is 18.5 Å². The average Bonchev–Trinajstić information content (AvgIpc) is 2.78. The van der Waals surface area contributed by atoms with E-state index in [9.17, 15) is 4.79 Å². The van der Waals surface area contributed by atoms with Gasteiger partial charge in [0.1, 0.15) is 6.33 Å². The van der Waals surface area contributed by atoms with Crippen molar-refractivity contribution < 1.29 is 4.79 Å². The number of nitrogens with two attached hydrogens (primary N) is 1. The molecule has 2 aromatic rings. The number of pyridine rings is 1. The zero-order chi connectivity index (χ0) is 11.4. The minimum atomic E-state index is -0.135. The van der Waals surface area contributed by atoms with Crippen LogP contribution in [-0.2, 0) is 6.42 Å². The third-order valence-corrected chi connectivity index (χ3v) is 2.18. The molecule has 2 N–H and O–H groups in total. The van der Waals surface area contributed by atoms with Crippen LogP contribution in [0.1, 0.15) is 16.1 Å². The van der Waals surface area contributed by atoms with E-state index < -0.39 is 0 Å². The minimum absolute atomic E-state index is 0.135. The number of rotatable bonds is 3. The maximum Gasteiger partial charge on any atom is 0.264 e. The van der Waals surface area contributed by atoms with E-state index >= 15 is 0 Å². The van der Waals surface area contributed by atoms with Crippen molar-refractivity contribution in [1.29, 1.82) is 0 Å². The number of hydrogen-bond donors (Lipinski definition) is 1. The molecule has 0 aromatic carbocycles. The predicted molar refractivity (Wildman–Crippen MR) is 59.0 cm³/mol. The van der Waals surface area contributed by atoms with E-state index in [4.69, 9.17) is 5.73 Å². The monoisotopic (exact) mass is 216 g/mol. The standard InChI is InChI=1S/C11H12N4O/c12-4-3-10-7-15(8-14-10)11(16)9-2-1-5-13-6-9/h1-2,5-8H,3-4,12H2. The highest BCUT2D eigenvalue weighted by molar-refractivity contribution is 5.95. The Kier molecular flexibility index (Phi) is 3.07. The van der Waals surface area contributed by atoms with Crippen molar-refractivity contribution in [2.24, 2.45) is 5.73 Å². The summed E-state index contributed by atoms with van der Waals surface area (Å²) in [6.07, 6.45) is 7.03. The molecule has 0 saturated heterocycles. The number of carbonyl (C=O) groups excluding carboxylic acids is 1. The Morgan fingerprint density at radius 1 is 1.50 bits per heavy atom. The largest absolute Gasteiger partial charge is 0.330 e. The van der Waals surface area contributed by atoms with Crippen molar-refractivity contribution in [3.05, 3.63) is 48.3 Å². The van der Waals surface area contributed by atoms with Gasteiger partial charge in [0.2, 0.25) is 0 Å². The van der Waals surface area contributed by atoms with E-state index in [-0.39, 0.29) is 5.91 Å². The summed E-state index contributed by atoms with van der Waals surface area (Å²) in [6, 6.07) is 3.45. The lowest BCUT2D eigenvalue weighted by molar-refractivity contribution is 0.0959. The Hall–Kier alpha value is -2.01. The van der Waals surface area contributed by atoms with Crippen LogP contribution >= 0.6 is 0 Å². The zero-order valence-corrected chi connectivity index (χ0v) is 8.71. The van der Waals surface area contributed by atoms with E-state index in [1.807, 2.05) is 0 Å².